The molecule has 0 aliphatic heterocycles. The molecule has 0 atom stereocenters. The van der Waals surface area contributed by atoms with Gasteiger partial charge in [0, 0.05) is 20.6 Å². The largest absolute Gasteiger partial charge is 0.495 e. The minimum absolute atomic E-state index is 0.565. The van der Waals surface area contributed by atoms with E-state index in [-0.39, 0.29) is 0 Å². The molecule has 0 aliphatic carbocycles. The molecule has 1 aromatic carbocycles. The van der Waals surface area contributed by atoms with E-state index in [0.717, 1.165) is 5.56 Å². The lowest BCUT2D eigenvalue weighted by atomic mass is 10.1. The van der Waals surface area contributed by atoms with E-state index < -0.39 is 0 Å². The molecule has 0 bridgehead atoms. The minimum Gasteiger partial charge on any atom is -0.495 e. The molecule has 0 spiro atoms. The molecule has 15 heavy (non-hydrogen) atoms. The molecule has 80 valence electrons. The van der Waals surface area contributed by atoms with Crippen LogP contribution in [0.25, 0.3) is 0 Å². The van der Waals surface area contributed by atoms with Gasteiger partial charge in [0.15, 0.2) is 0 Å². The maximum atomic E-state index is 8.89. The summed E-state index contributed by atoms with van der Waals surface area (Å²) in [5, 5.41) is 10.8. The summed E-state index contributed by atoms with van der Waals surface area (Å²) in [6.07, 6.45) is 0. The van der Waals surface area contributed by atoms with Gasteiger partial charge in [0.1, 0.15) is 11.8 Å². The molecule has 4 nitrogen and oxygen atoms in total. The number of nitrogens with one attached hydrogen (secondary N) is 1. The van der Waals surface area contributed by atoms with Crippen LogP contribution in [0.2, 0.25) is 0 Å². The summed E-state index contributed by atoms with van der Waals surface area (Å²) in [5.74, 6) is 0.617. The molecule has 0 heterocycles. The van der Waals surface area contributed by atoms with Crippen LogP contribution < -0.4 is 10.2 Å². The lowest BCUT2D eigenvalue weighted by molar-refractivity contribution is 0.286. The Kier molecular flexibility index (Phi) is 4.10. The van der Waals surface area contributed by atoms with Crippen molar-refractivity contribution in [3.8, 4) is 11.8 Å². The first-order valence-electron chi connectivity index (χ1n) is 4.65. The summed E-state index contributed by atoms with van der Waals surface area (Å²) in [6.45, 7) is 0.700. The van der Waals surface area contributed by atoms with E-state index >= 15 is 0 Å². The molecule has 1 rings (SSSR count). The van der Waals surface area contributed by atoms with Gasteiger partial charge in [-0.05, 0) is 17.7 Å². The Morgan fingerprint density at radius 3 is 2.73 bits per heavy atom. The normalized spacial score (nSPS) is 10.1. The van der Waals surface area contributed by atoms with Crippen LogP contribution in [0, 0.1) is 11.3 Å². The Bertz CT molecular complexity index is 369. The summed E-state index contributed by atoms with van der Waals surface area (Å²) >= 11 is 0. The SMILES string of the molecule is COc1ccc(CNN(C)C)cc1C#N. The van der Waals surface area contributed by atoms with E-state index in [2.05, 4.69) is 11.5 Å². The van der Waals surface area contributed by atoms with Crippen LogP contribution >= 0.6 is 0 Å². The van der Waals surface area contributed by atoms with Crippen LogP contribution in [0.3, 0.4) is 0 Å². The molecule has 0 saturated carbocycles. The van der Waals surface area contributed by atoms with Crippen molar-refractivity contribution in [2.24, 2.45) is 0 Å². The van der Waals surface area contributed by atoms with Crippen LogP contribution in [0.15, 0.2) is 18.2 Å². The molecule has 0 aliphatic rings. The van der Waals surface area contributed by atoms with E-state index in [0.29, 0.717) is 17.9 Å². The Morgan fingerprint density at radius 1 is 1.47 bits per heavy atom. The third kappa shape index (κ3) is 3.24. The summed E-state index contributed by atoms with van der Waals surface area (Å²) in [7, 11) is 5.41. The third-order valence-corrected chi connectivity index (χ3v) is 1.98. The van der Waals surface area contributed by atoms with Crippen LogP contribution in [-0.4, -0.2) is 26.2 Å². The maximum absolute atomic E-state index is 8.89. The number of nitriles is 1. The van der Waals surface area contributed by atoms with Gasteiger partial charge in [-0.3, -0.25) is 10.4 Å². The topological polar surface area (TPSA) is 48.3 Å². The van der Waals surface area contributed by atoms with Crippen LogP contribution in [0.4, 0.5) is 0 Å². The Labute approximate surface area is 90.0 Å². The van der Waals surface area contributed by atoms with Gasteiger partial charge in [-0.25, -0.2) is 0 Å². The van der Waals surface area contributed by atoms with Crippen molar-refractivity contribution in [2.45, 2.75) is 6.54 Å². The summed E-state index contributed by atoms with van der Waals surface area (Å²) in [6, 6.07) is 7.69. The van der Waals surface area contributed by atoms with Crippen molar-refractivity contribution >= 4 is 0 Å². The minimum atomic E-state index is 0.565. The lowest BCUT2D eigenvalue weighted by Crippen LogP contribution is -2.29. The summed E-state index contributed by atoms with van der Waals surface area (Å²) in [5.41, 5.74) is 4.76. The van der Waals surface area contributed by atoms with Gasteiger partial charge in [0.05, 0.1) is 12.7 Å². The van der Waals surface area contributed by atoms with Gasteiger partial charge >= 0.3 is 0 Å². The second-order valence-corrected chi connectivity index (χ2v) is 3.38. The first-order valence-corrected chi connectivity index (χ1v) is 4.65. The van der Waals surface area contributed by atoms with Crippen LogP contribution in [0.5, 0.6) is 5.75 Å². The van der Waals surface area contributed by atoms with Crippen LogP contribution in [0.1, 0.15) is 11.1 Å². The van der Waals surface area contributed by atoms with Gasteiger partial charge in [-0.2, -0.15) is 5.26 Å². The zero-order valence-corrected chi connectivity index (χ0v) is 9.24. The highest BCUT2D eigenvalue weighted by Crippen LogP contribution is 2.18. The van der Waals surface area contributed by atoms with E-state index in [1.165, 1.54) is 0 Å². The van der Waals surface area contributed by atoms with Crippen LogP contribution in [-0.2, 0) is 6.54 Å². The first-order chi connectivity index (χ1) is 7.17. The number of hydrogen-bond donors (Lipinski definition) is 1. The molecule has 1 N–H and O–H groups in total. The van der Waals surface area contributed by atoms with Crippen molar-refractivity contribution in [1.82, 2.24) is 10.4 Å². The number of hydrogen-bond acceptors (Lipinski definition) is 4. The van der Waals surface area contributed by atoms with Crippen molar-refractivity contribution in [3.05, 3.63) is 29.3 Å². The molecule has 4 heteroatoms. The first kappa shape index (κ1) is 11.5. The highest BCUT2D eigenvalue weighted by molar-refractivity contribution is 5.45. The van der Waals surface area contributed by atoms with E-state index in [1.54, 1.807) is 7.11 Å². The monoisotopic (exact) mass is 205 g/mol. The van der Waals surface area contributed by atoms with Crippen molar-refractivity contribution in [2.75, 3.05) is 21.2 Å². The Balaban J connectivity index is 2.80. The summed E-state index contributed by atoms with van der Waals surface area (Å²) in [4.78, 5) is 0. The van der Waals surface area contributed by atoms with Gasteiger partial charge < -0.3 is 4.74 Å². The molecule has 0 amide bonds. The second-order valence-electron chi connectivity index (χ2n) is 3.38. The molecule has 0 unspecified atom stereocenters. The van der Waals surface area contributed by atoms with Crippen molar-refractivity contribution in [3.63, 3.8) is 0 Å². The number of methoxy groups -OCH3 is 1. The van der Waals surface area contributed by atoms with E-state index in [9.17, 15) is 0 Å². The fourth-order valence-corrected chi connectivity index (χ4v) is 1.20. The number of benzene rings is 1. The highest BCUT2D eigenvalue weighted by atomic mass is 16.5. The van der Waals surface area contributed by atoms with Gasteiger partial charge in [0.25, 0.3) is 0 Å². The Morgan fingerprint density at radius 2 is 2.20 bits per heavy atom. The quantitative estimate of drug-likeness (QED) is 0.749. The maximum Gasteiger partial charge on any atom is 0.136 e. The van der Waals surface area contributed by atoms with E-state index in [4.69, 9.17) is 10.00 Å². The summed E-state index contributed by atoms with van der Waals surface area (Å²) < 4.78 is 5.06. The number of hydrazine groups is 1. The molecular weight excluding hydrogens is 190 g/mol. The zero-order valence-electron chi connectivity index (χ0n) is 9.24. The number of rotatable bonds is 4. The predicted octanol–water partition coefficient (Wildman–Crippen LogP) is 1.13. The van der Waals surface area contributed by atoms with Gasteiger partial charge in [0.2, 0.25) is 0 Å². The fourth-order valence-electron chi connectivity index (χ4n) is 1.20. The molecule has 0 aromatic heterocycles. The smallest absolute Gasteiger partial charge is 0.136 e. The van der Waals surface area contributed by atoms with Gasteiger partial charge in [-0.15, -0.1) is 0 Å². The highest BCUT2D eigenvalue weighted by Gasteiger charge is 2.03. The fraction of sp³-hybridized carbons (Fsp3) is 0.364. The average molecular weight is 205 g/mol. The molecule has 0 saturated heterocycles. The Hall–Kier alpha value is -1.57. The van der Waals surface area contributed by atoms with E-state index in [1.807, 2.05) is 37.3 Å². The standard InChI is InChI=1S/C11H15N3O/c1-14(2)13-8-9-4-5-11(15-3)10(6-9)7-12/h4-6,13H,8H2,1-3H3. The predicted molar refractivity (Wildman–Crippen MR) is 58.2 cm³/mol. The number of nitrogens with zero attached hydrogens (tertiary/aromatic N) is 2. The lowest BCUT2D eigenvalue weighted by Gasteiger charge is -2.12. The second kappa shape index (κ2) is 5.35. The molecule has 0 fully saturated rings. The third-order valence-electron chi connectivity index (χ3n) is 1.98. The zero-order chi connectivity index (χ0) is 11.3. The van der Waals surface area contributed by atoms with Gasteiger partial charge in [-0.1, -0.05) is 6.07 Å². The molecule has 1 aromatic rings. The average Bonchev–Trinajstić information content (AvgIpc) is 2.25. The van der Waals surface area contributed by atoms with Crippen molar-refractivity contribution in [1.29, 1.82) is 5.26 Å². The molecule has 0 radical (unpaired) electrons. The number of ether oxygens (including phenoxy) is 1. The van der Waals surface area contributed by atoms with Crippen molar-refractivity contribution < 1.29 is 4.74 Å². The molecular formula is C11H15N3O.